The summed E-state index contributed by atoms with van der Waals surface area (Å²) in [4.78, 5) is 28.7. The molecule has 1 aliphatic rings. The van der Waals surface area contributed by atoms with Crippen molar-refractivity contribution in [3.8, 4) is 0 Å². The molecule has 1 aromatic rings. The number of hydrogen-bond donors (Lipinski definition) is 2. The van der Waals surface area contributed by atoms with Gasteiger partial charge in [-0.3, -0.25) is 9.59 Å². The molecule has 0 unspecified atom stereocenters. The van der Waals surface area contributed by atoms with Crippen molar-refractivity contribution in [2.24, 2.45) is 5.92 Å². The van der Waals surface area contributed by atoms with E-state index < -0.39 is 0 Å². The van der Waals surface area contributed by atoms with Crippen molar-refractivity contribution in [3.63, 3.8) is 0 Å². The van der Waals surface area contributed by atoms with Crippen LogP contribution in [0.5, 0.6) is 0 Å². The van der Waals surface area contributed by atoms with Crippen molar-refractivity contribution in [2.45, 2.75) is 32.7 Å². The van der Waals surface area contributed by atoms with Crippen molar-refractivity contribution < 1.29 is 9.59 Å². The fourth-order valence-electron chi connectivity index (χ4n) is 2.37. The van der Waals surface area contributed by atoms with Gasteiger partial charge in [-0.05, 0) is 34.8 Å². The predicted octanol–water partition coefficient (Wildman–Crippen LogP) is 2.15. The Kier molecular flexibility index (Phi) is 4.86. The normalized spacial score (nSPS) is 16.5. The molecule has 6 heteroatoms. The van der Waals surface area contributed by atoms with Crippen molar-refractivity contribution in [3.05, 3.63) is 22.4 Å². The first-order chi connectivity index (χ1) is 9.47. The number of aromatic amines is 1. The van der Waals surface area contributed by atoms with Crippen molar-refractivity contribution in [1.29, 1.82) is 0 Å². The predicted molar refractivity (Wildman–Crippen MR) is 80.4 cm³/mol. The number of carbonyl (C=O) groups is 2. The van der Waals surface area contributed by atoms with E-state index in [0.717, 1.165) is 30.4 Å². The average molecular weight is 342 g/mol. The first-order valence-corrected chi connectivity index (χ1v) is 7.70. The van der Waals surface area contributed by atoms with Crippen LogP contribution in [0.1, 0.15) is 37.2 Å². The molecule has 0 aliphatic carbocycles. The molecule has 5 nitrogen and oxygen atoms in total. The van der Waals surface area contributed by atoms with Gasteiger partial charge in [0.15, 0.2) is 0 Å². The van der Waals surface area contributed by atoms with Gasteiger partial charge in [-0.2, -0.15) is 0 Å². The van der Waals surface area contributed by atoms with Gasteiger partial charge < -0.3 is 15.2 Å². The molecular formula is C14H20BrN3O2. The van der Waals surface area contributed by atoms with E-state index in [9.17, 15) is 9.59 Å². The molecule has 1 aromatic heterocycles. The molecule has 0 spiro atoms. The van der Waals surface area contributed by atoms with Gasteiger partial charge in [0.1, 0.15) is 5.69 Å². The first kappa shape index (κ1) is 15.1. The summed E-state index contributed by atoms with van der Waals surface area (Å²) in [6.07, 6.45) is 3.36. The van der Waals surface area contributed by atoms with Gasteiger partial charge in [-0.15, -0.1) is 0 Å². The van der Waals surface area contributed by atoms with Gasteiger partial charge in [-0.25, -0.2) is 0 Å². The lowest BCUT2D eigenvalue weighted by molar-refractivity contribution is -0.135. The summed E-state index contributed by atoms with van der Waals surface area (Å²) in [5.41, 5.74) is 0.553. The molecule has 0 bridgehead atoms. The summed E-state index contributed by atoms with van der Waals surface area (Å²) in [6, 6.07) is 1.90. The van der Waals surface area contributed by atoms with E-state index in [-0.39, 0.29) is 23.8 Å². The minimum absolute atomic E-state index is 0.0393. The second kappa shape index (κ2) is 6.43. The maximum atomic E-state index is 12.0. The summed E-state index contributed by atoms with van der Waals surface area (Å²) in [6.45, 7) is 5.27. The molecule has 1 aliphatic heterocycles. The molecule has 20 heavy (non-hydrogen) atoms. The summed E-state index contributed by atoms with van der Waals surface area (Å²) in [7, 11) is 0. The van der Waals surface area contributed by atoms with Gasteiger partial charge in [0.2, 0.25) is 5.91 Å². The highest BCUT2D eigenvalue weighted by Gasteiger charge is 2.25. The third kappa shape index (κ3) is 3.62. The molecule has 2 rings (SSSR count). The zero-order valence-corrected chi connectivity index (χ0v) is 13.4. The minimum atomic E-state index is -0.0932. The number of H-pyrrole nitrogens is 1. The van der Waals surface area contributed by atoms with Gasteiger partial charge >= 0.3 is 0 Å². The van der Waals surface area contributed by atoms with E-state index >= 15 is 0 Å². The fraction of sp³-hybridized carbons (Fsp3) is 0.571. The SMILES string of the molecule is CC(C)C(=O)N1CCC(NC(=O)c2cc(Br)c[nH]2)CC1. The third-order valence-electron chi connectivity index (χ3n) is 3.53. The van der Waals surface area contributed by atoms with Crippen LogP contribution in [0.4, 0.5) is 0 Å². The van der Waals surface area contributed by atoms with Gasteiger partial charge in [-0.1, -0.05) is 13.8 Å². The zero-order chi connectivity index (χ0) is 14.7. The monoisotopic (exact) mass is 341 g/mol. The number of hydrogen-bond acceptors (Lipinski definition) is 2. The smallest absolute Gasteiger partial charge is 0.267 e. The van der Waals surface area contributed by atoms with E-state index in [0.29, 0.717) is 5.69 Å². The number of rotatable bonds is 3. The number of amides is 2. The van der Waals surface area contributed by atoms with Crippen LogP contribution < -0.4 is 5.32 Å². The van der Waals surface area contributed by atoms with Gasteiger partial charge in [0.05, 0.1) is 0 Å². The summed E-state index contributed by atoms with van der Waals surface area (Å²) in [5, 5.41) is 3.01. The van der Waals surface area contributed by atoms with E-state index in [1.54, 1.807) is 12.3 Å². The lowest BCUT2D eigenvalue weighted by Gasteiger charge is -2.33. The number of piperidine rings is 1. The number of likely N-dealkylation sites (tertiary alicyclic amines) is 1. The molecule has 2 amide bonds. The van der Waals surface area contributed by atoms with Crippen LogP contribution in [0.25, 0.3) is 0 Å². The van der Waals surface area contributed by atoms with E-state index in [1.807, 2.05) is 18.7 Å². The van der Waals surface area contributed by atoms with Gasteiger partial charge in [0, 0.05) is 35.7 Å². The van der Waals surface area contributed by atoms with Crippen LogP contribution in [0, 0.1) is 5.92 Å². The van der Waals surface area contributed by atoms with E-state index in [2.05, 4.69) is 26.2 Å². The molecule has 1 saturated heterocycles. The number of halogens is 1. The lowest BCUT2D eigenvalue weighted by Crippen LogP contribution is -2.47. The highest BCUT2D eigenvalue weighted by molar-refractivity contribution is 9.10. The average Bonchev–Trinajstić information content (AvgIpc) is 2.85. The molecule has 0 radical (unpaired) electrons. The maximum Gasteiger partial charge on any atom is 0.267 e. The standard InChI is InChI=1S/C14H20BrN3O2/c1-9(2)14(20)18-5-3-11(4-6-18)17-13(19)12-7-10(15)8-16-12/h7-9,11,16H,3-6H2,1-2H3,(H,17,19). The third-order valence-corrected chi connectivity index (χ3v) is 3.99. The highest BCUT2D eigenvalue weighted by Crippen LogP contribution is 2.15. The Balaban J connectivity index is 1.83. The highest BCUT2D eigenvalue weighted by atomic mass is 79.9. The molecule has 0 atom stereocenters. The maximum absolute atomic E-state index is 12.0. The van der Waals surface area contributed by atoms with E-state index in [4.69, 9.17) is 0 Å². The van der Waals surface area contributed by atoms with Crippen LogP contribution in [-0.4, -0.2) is 40.8 Å². The van der Waals surface area contributed by atoms with Crippen molar-refractivity contribution in [1.82, 2.24) is 15.2 Å². The summed E-state index contributed by atoms with van der Waals surface area (Å²) in [5.74, 6) is 0.143. The minimum Gasteiger partial charge on any atom is -0.356 e. The number of aromatic nitrogens is 1. The molecule has 1 fully saturated rings. The number of nitrogens with zero attached hydrogens (tertiary/aromatic N) is 1. The summed E-state index contributed by atoms with van der Waals surface area (Å²) < 4.78 is 0.861. The molecule has 0 aromatic carbocycles. The van der Waals surface area contributed by atoms with Crippen LogP contribution >= 0.6 is 15.9 Å². The Bertz CT molecular complexity index is 490. The second-order valence-electron chi connectivity index (χ2n) is 5.46. The van der Waals surface area contributed by atoms with Crippen molar-refractivity contribution >= 4 is 27.7 Å². The van der Waals surface area contributed by atoms with Crippen LogP contribution in [0.15, 0.2) is 16.7 Å². The molecule has 2 heterocycles. The first-order valence-electron chi connectivity index (χ1n) is 6.91. The molecular weight excluding hydrogens is 322 g/mol. The quantitative estimate of drug-likeness (QED) is 0.884. The van der Waals surface area contributed by atoms with Gasteiger partial charge in [0.25, 0.3) is 5.91 Å². The van der Waals surface area contributed by atoms with Crippen LogP contribution in [0.3, 0.4) is 0 Å². The number of carbonyl (C=O) groups excluding carboxylic acids is 2. The molecule has 110 valence electrons. The number of nitrogens with one attached hydrogen (secondary N) is 2. The molecule has 2 N–H and O–H groups in total. The topological polar surface area (TPSA) is 65.2 Å². The zero-order valence-electron chi connectivity index (χ0n) is 11.8. The molecule has 0 saturated carbocycles. The van der Waals surface area contributed by atoms with E-state index in [1.165, 1.54) is 0 Å². The Morgan fingerprint density at radius 2 is 2.05 bits per heavy atom. The van der Waals surface area contributed by atoms with Crippen LogP contribution in [-0.2, 0) is 4.79 Å². The largest absolute Gasteiger partial charge is 0.356 e. The Morgan fingerprint density at radius 1 is 1.40 bits per heavy atom. The Labute approximate surface area is 127 Å². The fourth-order valence-corrected chi connectivity index (χ4v) is 2.71. The lowest BCUT2D eigenvalue weighted by atomic mass is 10.0. The van der Waals surface area contributed by atoms with Crippen molar-refractivity contribution in [2.75, 3.05) is 13.1 Å². The van der Waals surface area contributed by atoms with Crippen LogP contribution in [0.2, 0.25) is 0 Å². The Morgan fingerprint density at radius 3 is 2.55 bits per heavy atom. The second-order valence-corrected chi connectivity index (χ2v) is 6.37. The Hall–Kier alpha value is -1.30. The summed E-state index contributed by atoms with van der Waals surface area (Å²) >= 11 is 3.31.